The maximum atomic E-state index is 12.9. The number of imidazole rings is 1. The molecule has 0 N–H and O–H groups in total. The van der Waals surface area contributed by atoms with E-state index in [1.165, 1.54) is 12.1 Å². The molecule has 0 fully saturated rings. The summed E-state index contributed by atoms with van der Waals surface area (Å²) in [6.07, 6.45) is 6.36. The van der Waals surface area contributed by atoms with Crippen molar-refractivity contribution in [3.8, 4) is 11.3 Å². The van der Waals surface area contributed by atoms with Gasteiger partial charge in [0.25, 0.3) is 0 Å². The number of rotatable bonds is 6. The highest BCUT2D eigenvalue weighted by atomic mass is 19.1. The monoisotopic (exact) mass is 299 g/mol. The van der Waals surface area contributed by atoms with Crippen LogP contribution in [-0.4, -0.2) is 20.5 Å². The average molecular weight is 299 g/mol. The minimum Gasteiger partial charge on any atom is -0.356 e. The van der Waals surface area contributed by atoms with Crippen LogP contribution in [0.25, 0.3) is 11.3 Å². The zero-order valence-corrected chi connectivity index (χ0v) is 11.8. The zero-order valence-electron chi connectivity index (χ0n) is 11.8. The van der Waals surface area contributed by atoms with E-state index in [4.69, 9.17) is 4.52 Å². The van der Waals surface area contributed by atoms with E-state index < -0.39 is 0 Å². The van der Waals surface area contributed by atoms with E-state index in [1.807, 2.05) is 10.8 Å². The van der Waals surface area contributed by atoms with Crippen molar-refractivity contribution in [2.24, 2.45) is 0 Å². The summed E-state index contributed by atoms with van der Waals surface area (Å²) in [6.45, 7) is 0.731. The summed E-state index contributed by atoms with van der Waals surface area (Å²) in [4.78, 5) is 16.0. The fourth-order valence-electron chi connectivity index (χ4n) is 2.13. The molecule has 3 rings (SSSR count). The maximum Gasteiger partial charge on any atom is 0.184 e. The summed E-state index contributed by atoms with van der Waals surface area (Å²) in [7, 11) is 0. The minimum absolute atomic E-state index is 0.0720. The first-order chi connectivity index (χ1) is 10.7. The summed E-state index contributed by atoms with van der Waals surface area (Å²) >= 11 is 0. The Labute approximate surface area is 126 Å². The van der Waals surface area contributed by atoms with Gasteiger partial charge in [0, 0.05) is 37.0 Å². The Morgan fingerprint density at radius 2 is 2.09 bits per heavy atom. The third-order valence-electron chi connectivity index (χ3n) is 3.30. The van der Waals surface area contributed by atoms with Crippen molar-refractivity contribution in [2.75, 3.05) is 0 Å². The fraction of sp³-hybridized carbons (Fsp3) is 0.188. The van der Waals surface area contributed by atoms with Crippen LogP contribution in [0.1, 0.15) is 23.3 Å². The molecule has 0 amide bonds. The molecule has 5 nitrogen and oxygen atoms in total. The van der Waals surface area contributed by atoms with Gasteiger partial charge in [-0.15, -0.1) is 0 Å². The number of halogens is 1. The van der Waals surface area contributed by atoms with Crippen molar-refractivity contribution < 1.29 is 13.7 Å². The number of ketones is 1. The molecule has 0 saturated heterocycles. The van der Waals surface area contributed by atoms with Gasteiger partial charge >= 0.3 is 0 Å². The second-order valence-corrected chi connectivity index (χ2v) is 4.91. The van der Waals surface area contributed by atoms with Gasteiger partial charge in [-0.1, -0.05) is 5.16 Å². The topological polar surface area (TPSA) is 60.9 Å². The Morgan fingerprint density at radius 3 is 2.82 bits per heavy atom. The summed E-state index contributed by atoms with van der Waals surface area (Å²) in [5.41, 5.74) is 0.983. The number of carbonyl (C=O) groups excluding carboxylic acids is 1. The molecule has 0 atom stereocenters. The molecule has 2 aromatic heterocycles. The van der Waals surface area contributed by atoms with E-state index in [0.717, 1.165) is 6.54 Å². The normalized spacial score (nSPS) is 10.8. The SMILES string of the molecule is O=C(CCCn1ccnc1)c1cc(-c2ccc(F)cc2)on1. The first kappa shape index (κ1) is 14.2. The van der Waals surface area contributed by atoms with Gasteiger partial charge in [-0.25, -0.2) is 9.37 Å². The second-order valence-electron chi connectivity index (χ2n) is 4.91. The van der Waals surface area contributed by atoms with Crippen molar-refractivity contribution in [1.29, 1.82) is 0 Å². The highest BCUT2D eigenvalue weighted by molar-refractivity contribution is 5.94. The Bertz CT molecular complexity index is 748. The zero-order chi connectivity index (χ0) is 15.4. The number of carbonyl (C=O) groups is 1. The van der Waals surface area contributed by atoms with Gasteiger partial charge in [0.15, 0.2) is 11.5 Å². The van der Waals surface area contributed by atoms with Crippen molar-refractivity contribution in [1.82, 2.24) is 14.7 Å². The van der Waals surface area contributed by atoms with Crippen LogP contribution >= 0.6 is 0 Å². The smallest absolute Gasteiger partial charge is 0.184 e. The third kappa shape index (κ3) is 3.28. The Hall–Kier alpha value is -2.76. The van der Waals surface area contributed by atoms with E-state index in [9.17, 15) is 9.18 Å². The molecule has 2 heterocycles. The molecule has 0 spiro atoms. The average Bonchev–Trinajstić information content (AvgIpc) is 3.19. The number of benzene rings is 1. The lowest BCUT2D eigenvalue weighted by atomic mass is 10.1. The molecular formula is C16H14FN3O2. The van der Waals surface area contributed by atoms with Crippen molar-refractivity contribution >= 4 is 5.78 Å². The van der Waals surface area contributed by atoms with Crippen LogP contribution in [0.5, 0.6) is 0 Å². The van der Waals surface area contributed by atoms with Gasteiger partial charge in [0.2, 0.25) is 0 Å². The highest BCUT2D eigenvalue weighted by Gasteiger charge is 2.13. The Kier molecular flexibility index (Phi) is 4.09. The summed E-state index contributed by atoms with van der Waals surface area (Å²) in [5, 5.41) is 3.79. The molecule has 0 saturated carbocycles. The fourth-order valence-corrected chi connectivity index (χ4v) is 2.13. The molecule has 0 radical (unpaired) electrons. The predicted molar refractivity (Wildman–Crippen MR) is 77.7 cm³/mol. The van der Waals surface area contributed by atoms with Crippen molar-refractivity contribution in [3.05, 3.63) is 60.6 Å². The van der Waals surface area contributed by atoms with Crippen LogP contribution in [0, 0.1) is 5.82 Å². The molecule has 0 aliphatic rings. The van der Waals surface area contributed by atoms with E-state index in [1.54, 1.807) is 30.7 Å². The quantitative estimate of drug-likeness (QED) is 0.655. The molecule has 0 bridgehead atoms. The van der Waals surface area contributed by atoms with Crippen LogP contribution in [-0.2, 0) is 6.54 Å². The number of nitrogens with zero attached hydrogens (tertiary/aromatic N) is 3. The Balaban J connectivity index is 1.60. The van der Waals surface area contributed by atoms with Gasteiger partial charge in [0.1, 0.15) is 11.5 Å². The number of hydrogen-bond acceptors (Lipinski definition) is 4. The number of hydrogen-bond donors (Lipinski definition) is 0. The standard InChI is InChI=1S/C16H14FN3O2/c17-13-5-3-12(4-6-13)16-10-14(19-22-16)15(21)2-1-8-20-9-7-18-11-20/h3-7,9-11H,1-2,8H2. The molecule has 6 heteroatoms. The number of aryl methyl sites for hydroxylation is 1. The van der Waals surface area contributed by atoms with E-state index >= 15 is 0 Å². The summed E-state index contributed by atoms with van der Waals surface area (Å²) in [6, 6.07) is 7.44. The van der Waals surface area contributed by atoms with Gasteiger partial charge in [0.05, 0.1) is 6.33 Å². The number of aromatic nitrogens is 3. The minimum atomic E-state index is -0.320. The lowest BCUT2D eigenvalue weighted by Crippen LogP contribution is -2.02. The van der Waals surface area contributed by atoms with Gasteiger partial charge in [-0.2, -0.15) is 0 Å². The van der Waals surface area contributed by atoms with Crippen LogP contribution < -0.4 is 0 Å². The molecule has 1 aromatic carbocycles. The Morgan fingerprint density at radius 1 is 1.27 bits per heavy atom. The molecule has 0 unspecified atom stereocenters. The maximum absolute atomic E-state index is 12.9. The van der Waals surface area contributed by atoms with Crippen LogP contribution in [0.15, 0.2) is 53.6 Å². The van der Waals surface area contributed by atoms with E-state index in [2.05, 4.69) is 10.1 Å². The predicted octanol–water partition coefficient (Wildman–Crippen LogP) is 3.34. The molecule has 0 aliphatic heterocycles. The largest absolute Gasteiger partial charge is 0.356 e. The molecule has 112 valence electrons. The van der Waals surface area contributed by atoms with Crippen molar-refractivity contribution in [2.45, 2.75) is 19.4 Å². The van der Waals surface area contributed by atoms with E-state index in [0.29, 0.717) is 29.9 Å². The number of Topliss-reactive ketones (excluding diaryl/α,β-unsaturated/α-hetero) is 1. The first-order valence-electron chi connectivity index (χ1n) is 6.94. The van der Waals surface area contributed by atoms with E-state index in [-0.39, 0.29) is 11.6 Å². The van der Waals surface area contributed by atoms with Crippen LogP contribution in [0.2, 0.25) is 0 Å². The molecule has 22 heavy (non-hydrogen) atoms. The first-order valence-corrected chi connectivity index (χ1v) is 6.94. The van der Waals surface area contributed by atoms with Gasteiger partial charge in [-0.3, -0.25) is 4.79 Å². The molecule has 3 aromatic rings. The highest BCUT2D eigenvalue weighted by Crippen LogP contribution is 2.21. The van der Waals surface area contributed by atoms with Gasteiger partial charge < -0.3 is 9.09 Å². The van der Waals surface area contributed by atoms with Gasteiger partial charge in [-0.05, 0) is 30.7 Å². The van der Waals surface area contributed by atoms with Crippen molar-refractivity contribution in [3.63, 3.8) is 0 Å². The summed E-state index contributed by atoms with van der Waals surface area (Å²) in [5.74, 6) is 0.0641. The van der Waals surface area contributed by atoms with Crippen LogP contribution in [0.4, 0.5) is 4.39 Å². The lowest BCUT2D eigenvalue weighted by Gasteiger charge is -1.99. The molecular weight excluding hydrogens is 285 g/mol. The summed E-state index contributed by atoms with van der Waals surface area (Å²) < 4.78 is 20.0. The lowest BCUT2D eigenvalue weighted by molar-refractivity contribution is 0.0970. The van der Waals surface area contributed by atoms with Crippen LogP contribution in [0.3, 0.4) is 0 Å². The second kappa shape index (κ2) is 6.34. The third-order valence-corrected chi connectivity index (χ3v) is 3.30. The molecule has 0 aliphatic carbocycles.